The molecule has 0 bridgehead atoms. The second-order valence-corrected chi connectivity index (χ2v) is 3.92. The number of nitrogens with one attached hydrogen (secondary N) is 1. The van der Waals surface area contributed by atoms with Crippen molar-refractivity contribution in [2.24, 2.45) is 0 Å². The maximum Gasteiger partial charge on any atom is 0.239 e. The largest absolute Gasteiger partial charge is 0.396 e. The zero-order chi connectivity index (χ0) is 14.3. The van der Waals surface area contributed by atoms with E-state index in [4.69, 9.17) is 15.7 Å². The predicted octanol–water partition coefficient (Wildman–Crippen LogP) is -0.266. The van der Waals surface area contributed by atoms with Gasteiger partial charge in [0.05, 0.1) is 18.8 Å². The highest BCUT2D eigenvalue weighted by molar-refractivity contribution is 5.80. The normalized spacial score (nSPS) is 9.74. The number of nitrogen functional groups attached to an aromatic ring is 1. The lowest BCUT2D eigenvalue weighted by Crippen LogP contribution is -2.37. The van der Waals surface area contributed by atoms with Crippen molar-refractivity contribution in [2.45, 2.75) is 0 Å². The molecule has 1 heterocycles. The van der Waals surface area contributed by atoms with Crippen molar-refractivity contribution in [3.63, 3.8) is 0 Å². The standard InChI is InChI=1S/C12H17N5O2/c1-17(8-12(18)15-5-6-19-2)11-4-3-9(14)10(7-13)16-11/h3-4H,5-6,8,14H2,1-2H3,(H,15,18). The Bertz CT molecular complexity index is 483. The number of rotatable bonds is 6. The number of carbonyl (C=O) groups excluding carboxylic acids is 1. The van der Waals surface area contributed by atoms with E-state index in [-0.39, 0.29) is 18.1 Å². The first-order chi connectivity index (χ1) is 9.08. The third-order valence-electron chi connectivity index (χ3n) is 2.42. The minimum absolute atomic E-state index is 0.142. The van der Waals surface area contributed by atoms with E-state index in [1.807, 2.05) is 6.07 Å². The summed E-state index contributed by atoms with van der Waals surface area (Å²) in [7, 11) is 3.29. The first kappa shape index (κ1) is 14.7. The molecule has 0 aliphatic rings. The number of anilines is 2. The van der Waals surface area contributed by atoms with Gasteiger partial charge in [0, 0.05) is 20.7 Å². The van der Waals surface area contributed by atoms with Crippen molar-refractivity contribution >= 4 is 17.4 Å². The summed E-state index contributed by atoms with van der Waals surface area (Å²) in [4.78, 5) is 17.3. The fourth-order valence-electron chi connectivity index (χ4n) is 1.41. The molecule has 19 heavy (non-hydrogen) atoms. The van der Waals surface area contributed by atoms with E-state index < -0.39 is 0 Å². The van der Waals surface area contributed by atoms with Crippen LogP contribution in [-0.4, -0.2) is 44.7 Å². The lowest BCUT2D eigenvalue weighted by atomic mass is 10.3. The van der Waals surface area contributed by atoms with Gasteiger partial charge in [-0.2, -0.15) is 5.26 Å². The molecule has 0 spiro atoms. The van der Waals surface area contributed by atoms with Gasteiger partial charge in [-0.25, -0.2) is 4.98 Å². The Morgan fingerprint density at radius 3 is 3.00 bits per heavy atom. The number of nitrogens with zero attached hydrogens (tertiary/aromatic N) is 3. The van der Waals surface area contributed by atoms with Gasteiger partial charge in [-0.3, -0.25) is 4.79 Å². The number of hydrogen-bond donors (Lipinski definition) is 2. The van der Waals surface area contributed by atoms with Gasteiger partial charge in [0.1, 0.15) is 11.9 Å². The summed E-state index contributed by atoms with van der Waals surface area (Å²) < 4.78 is 4.83. The fraction of sp³-hybridized carbons (Fsp3) is 0.417. The molecule has 0 atom stereocenters. The molecule has 7 heteroatoms. The van der Waals surface area contributed by atoms with Crippen molar-refractivity contribution in [1.82, 2.24) is 10.3 Å². The quantitative estimate of drug-likeness (QED) is 0.685. The number of amides is 1. The number of carbonyl (C=O) groups is 1. The van der Waals surface area contributed by atoms with Crippen LogP contribution in [0.5, 0.6) is 0 Å². The highest BCUT2D eigenvalue weighted by Crippen LogP contribution is 2.14. The summed E-state index contributed by atoms with van der Waals surface area (Å²) in [6.45, 7) is 1.07. The monoisotopic (exact) mass is 263 g/mol. The number of pyridine rings is 1. The first-order valence-corrected chi connectivity index (χ1v) is 5.72. The molecule has 1 aromatic heterocycles. The van der Waals surface area contributed by atoms with Crippen LogP contribution in [0.2, 0.25) is 0 Å². The average Bonchev–Trinajstić information content (AvgIpc) is 2.39. The molecule has 0 aliphatic carbocycles. The number of nitrogens with two attached hydrogens (primary N) is 1. The highest BCUT2D eigenvalue weighted by Gasteiger charge is 2.10. The summed E-state index contributed by atoms with van der Waals surface area (Å²) >= 11 is 0. The number of methoxy groups -OCH3 is 1. The number of likely N-dealkylation sites (N-methyl/N-ethyl adjacent to an activating group) is 1. The summed E-state index contributed by atoms with van der Waals surface area (Å²) in [6, 6.07) is 5.17. The number of aromatic nitrogens is 1. The van der Waals surface area contributed by atoms with E-state index in [2.05, 4.69) is 10.3 Å². The molecule has 0 unspecified atom stereocenters. The van der Waals surface area contributed by atoms with E-state index >= 15 is 0 Å². The third kappa shape index (κ3) is 4.44. The van der Waals surface area contributed by atoms with Gasteiger partial charge in [-0.05, 0) is 12.1 Å². The van der Waals surface area contributed by atoms with Gasteiger partial charge in [0.15, 0.2) is 5.69 Å². The fourth-order valence-corrected chi connectivity index (χ4v) is 1.41. The Morgan fingerprint density at radius 2 is 2.37 bits per heavy atom. The lowest BCUT2D eigenvalue weighted by Gasteiger charge is -2.18. The molecule has 0 aromatic carbocycles. The molecule has 1 rings (SSSR count). The van der Waals surface area contributed by atoms with Gasteiger partial charge in [0.25, 0.3) is 0 Å². The number of ether oxygens (including phenoxy) is 1. The molecule has 1 amide bonds. The van der Waals surface area contributed by atoms with Gasteiger partial charge >= 0.3 is 0 Å². The van der Waals surface area contributed by atoms with E-state index in [0.717, 1.165) is 0 Å². The molecule has 0 saturated heterocycles. The van der Waals surface area contributed by atoms with Crippen molar-refractivity contribution < 1.29 is 9.53 Å². The second kappa shape index (κ2) is 7.18. The van der Waals surface area contributed by atoms with Crippen molar-refractivity contribution in [3.05, 3.63) is 17.8 Å². The van der Waals surface area contributed by atoms with E-state index in [1.165, 1.54) is 0 Å². The van der Waals surface area contributed by atoms with Crippen molar-refractivity contribution in [3.8, 4) is 6.07 Å². The molecule has 0 aliphatic heterocycles. The van der Waals surface area contributed by atoms with Crippen LogP contribution >= 0.6 is 0 Å². The molecular formula is C12H17N5O2. The van der Waals surface area contributed by atoms with E-state index in [9.17, 15) is 4.79 Å². The zero-order valence-corrected chi connectivity index (χ0v) is 11.0. The van der Waals surface area contributed by atoms with Crippen LogP contribution < -0.4 is 16.0 Å². The summed E-state index contributed by atoms with van der Waals surface area (Å²) in [5.41, 5.74) is 6.07. The molecule has 0 radical (unpaired) electrons. The van der Waals surface area contributed by atoms with Crippen LogP contribution in [0.3, 0.4) is 0 Å². The average molecular weight is 263 g/mol. The Hall–Kier alpha value is -2.33. The van der Waals surface area contributed by atoms with Gasteiger partial charge in [0.2, 0.25) is 5.91 Å². The van der Waals surface area contributed by atoms with E-state index in [0.29, 0.717) is 24.7 Å². The van der Waals surface area contributed by atoms with Crippen LogP contribution in [0.4, 0.5) is 11.5 Å². The molecule has 0 fully saturated rings. The van der Waals surface area contributed by atoms with Crippen LogP contribution in [0.15, 0.2) is 12.1 Å². The Kier molecular flexibility index (Phi) is 5.57. The lowest BCUT2D eigenvalue weighted by molar-refractivity contribution is -0.119. The molecule has 102 valence electrons. The van der Waals surface area contributed by atoms with Crippen LogP contribution in [0, 0.1) is 11.3 Å². The summed E-state index contributed by atoms with van der Waals surface area (Å²) in [5, 5.41) is 11.5. The highest BCUT2D eigenvalue weighted by atomic mass is 16.5. The second-order valence-electron chi connectivity index (χ2n) is 3.92. The minimum atomic E-state index is -0.142. The molecular weight excluding hydrogens is 246 g/mol. The first-order valence-electron chi connectivity index (χ1n) is 5.72. The Labute approximate surface area is 112 Å². The maximum absolute atomic E-state index is 11.6. The van der Waals surface area contributed by atoms with Crippen LogP contribution in [-0.2, 0) is 9.53 Å². The van der Waals surface area contributed by atoms with Gasteiger partial charge in [-0.15, -0.1) is 0 Å². The van der Waals surface area contributed by atoms with Crippen LogP contribution in [0.1, 0.15) is 5.69 Å². The zero-order valence-electron chi connectivity index (χ0n) is 11.0. The maximum atomic E-state index is 11.6. The predicted molar refractivity (Wildman–Crippen MR) is 71.5 cm³/mol. The molecule has 1 aromatic rings. The van der Waals surface area contributed by atoms with Crippen molar-refractivity contribution in [1.29, 1.82) is 5.26 Å². The summed E-state index contributed by atoms with van der Waals surface area (Å²) in [6.07, 6.45) is 0. The minimum Gasteiger partial charge on any atom is -0.396 e. The summed E-state index contributed by atoms with van der Waals surface area (Å²) in [5.74, 6) is 0.379. The molecule has 7 nitrogen and oxygen atoms in total. The van der Waals surface area contributed by atoms with Gasteiger partial charge in [-0.1, -0.05) is 0 Å². The number of hydrogen-bond acceptors (Lipinski definition) is 6. The van der Waals surface area contributed by atoms with Gasteiger partial charge < -0.3 is 20.7 Å². The Morgan fingerprint density at radius 1 is 1.63 bits per heavy atom. The topological polar surface area (TPSA) is 104 Å². The van der Waals surface area contributed by atoms with E-state index in [1.54, 1.807) is 31.2 Å². The Balaban J connectivity index is 2.60. The molecule has 3 N–H and O–H groups in total. The van der Waals surface area contributed by atoms with Crippen molar-refractivity contribution in [2.75, 3.05) is 44.5 Å². The third-order valence-corrected chi connectivity index (χ3v) is 2.42. The van der Waals surface area contributed by atoms with Crippen LogP contribution in [0.25, 0.3) is 0 Å². The smallest absolute Gasteiger partial charge is 0.239 e. The number of nitriles is 1. The SMILES string of the molecule is COCCNC(=O)CN(C)c1ccc(N)c(C#N)n1. The molecule has 0 saturated carbocycles.